The van der Waals surface area contributed by atoms with Gasteiger partial charge in [-0.3, -0.25) is 9.59 Å². The third-order valence-electron chi connectivity index (χ3n) is 10.2. The fraction of sp³-hybridized carbons (Fsp3) is 0.273. The average Bonchev–Trinajstić information content (AvgIpc) is 3.09. The molecule has 0 bridgehead atoms. The number of hydrogen-bond donors (Lipinski definition) is 2. The maximum Gasteiger partial charge on any atom is 0.252 e. The Kier molecular flexibility index (Phi) is 8.73. The zero-order chi connectivity index (χ0) is 35.0. The van der Waals surface area contributed by atoms with E-state index < -0.39 is 0 Å². The number of carbonyl (C=O) groups is 2. The molecule has 50 heavy (non-hydrogen) atoms. The van der Waals surface area contributed by atoms with Crippen LogP contribution < -0.4 is 10.6 Å². The predicted octanol–water partition coefficient (Wildman–Crippen LogP) is 9.48. The van der Waals surface area contributed by atoms with Crippen LogP contribution in [0.15, 0.2) is 109 Å². The monoisotopic (exact) mass is 660 g/mol. The molecule has 1 saturated carbocycles. The number of benzene rings is 4. The van der Waals surface area contributed by atoms with Gasteiger partial charge in [0.1, 0.15) is 0 Å². The van der Waals surface area contributed by atoms with Crippen LogP contribution in [-0.2, 0) is 0 Å². The van der Waals surface area contributed by atoms with Crippen LogP contribution in [0, 0.1) is 24.7 Å². The van der Waals surface area contributed by atoms with Gasteiger partial charge in [0, 0.05) is 34.5 Å². The minimum absolute atomic E-state index is 0.0380. The van der Waals surface area contributed by atoms with Crippen molar-refractivity contribution in [2.75, 3.05) is 6.54 Å². The number of nitrogens with one attached hydrogen (secondary N) is 2. The highest BCUT2D eigenvalue weighted by Crippen LogP contribution is 2.46. The summed E-state index contributed by atoms with van der Waals surface area (Å²) >= 11 is 0. The van der Waals surface area contributed by atoms with Gasteiger partial charge in [-0.15, -0.1) is 0 Å². The number of amides is 2. The van der Waals surface area contributed by atoms with Gasteiger partial charge in [-0.2, -0.15) is 0 Å². The van der Waals surface area contributed by atoms with E-state index in [9.17, 15) is 9.59 Å². The van der Waals surface area contributed by atoms with Gasteiger partial charge in [-0.25, -0.2) is 9.97 Å². The second-order valence-electron chi connectivity index (χ2n) is 15.2. The van der Waals surface area contributed by atoms with Crippen LogP contribution in [0.5, 0.6) is 0 Å². The molecule has 0 radical (unpaired) electrons. The Labute approximate surface area is 294 Å². The van der Waals surface area contributed by atoms with Crippen molar-refractivity contribution in [2.24, 2.45) is 10.8 Å². The van der Waals surface area contributed by atoms with E-state index in [-0.39, 0.29) is 28.7 Å². The van der Waals surface area contributed by atoms with Crippen molar-refractivity contribution in [3.05, 3.63) is 131 Å². The molecule has 6 nitrogen and oxygen atoms in total. The van der Waals surface area contributed by atoms with E-state index in [0.717, 1.165) is 74.7 Å². The molecule has 0 aliphatic heterocycles. The molecule has 1 aliphatic rings. The van der Waals surface area contributed by atoms with Crippen LogP contribution in [0.2, 0.25) is 0 Å². The largest absolute Gasteiger partial charge is 0.351 e. The van der Waals surface area contributed by atoms with Gasteiger partial charge < -0.3 is 10.6 Å². The van der Waals surface area contributed by atoms with E-state index >= 15 is 0 Å². The van der Waals surface area contributed by atoms with E-state index in [2.05, 4.69) is 63.5 Å². The van der Waals surface area contributed by atoms with Crippen molar-refractivity contribution >= 4 is 33.6 Å². The molecule has 4 aromatic carbocycles. The first-order valence-electron chi connectivity index (χ1n) is 17.5. The third-order valence-corrected chi connectivity index (χ3v) is 10.2. The predicted molar refractivity (Wildman–Crippen MR) is 203 cm³/mol. The minimum atomic E-state index is -0.232. The summed E-state index contributed by atoms with van der Waals surface area (Å²) < 4.78 is 0. The van der Waals surface area contributed by atoms with Gasteiger partial charge in [0.2, 0.25) is 0 Å². The summed E-state index contributed by atoms with van der Waals surface area (Å²) in [4.78, 5) is 38.0. The maximum absolute atomic E-state index is 14.2. The minimum Gasteiger partial charge on any atom is -0.351 e. The number of nitrogens with zero attached hydrogens (tertiary/aromatic N) is 2. The number of aromatic nitrogens is 2. The average molecular weight is 661 g/mol. The molecule has 1 aliphatic carbocycles. The Balaban J connectivity index is 1.13. The van der Waals surface area contributed by atoms with E-state index in [4.69, 9.17) is 9.97 Å². The summed E-state index contributed by atoms with van der Waals surface area (Å²) in [5.41, 5.74) is 8.39. The number of para-hydroxylation sites is 2. The van der Waals surface area contributed by atoms with Gasteiger partial charge >= 0.3 is 0 Å². The summed E-state index contributed by atoms with van der Waals surface area (Å²) in [5.74, 6) is -0.213. The van der Waals surface area contributed by atoms with Crippen molar-refractivity contribution in [1.82, 2.24) is 20.6 Å². The van der Waals surface area contributed by atoms with Crippen LogP contribution >= 0.6 is 0 Å². The van der Waals surface area contributed by atoms with Gasteiger partial charge in [-0.05, 0) is 79.3 Å². The lowest BCUT2D eigenvalue weighted by molar-refractivity contribution is 0.0593. The molecular formula is C44H44N4O2. The van der Waals surface area contributed by atoms with E-state index in [1.165, 1.54) is 0 Å². The van der Waals surface area contributed by atoms with E-state index in [0.29, 0.717) is 17.7 Å². The van der Waals surface area contributed by atoms with E-state index in [1.807, 2.05) is 91.0 Å². The highest BCUT2D eigenvalue weighted by molar-refractivity contribution is 6.08. The van der Waals surface area contributed by atoms with E-state index in [1.54, 1.807) is 0 Å². The molecule has 2 atom stereocenters. The lowest BCUT2D eigenvalue weighted by atomic mass is 9.62. The molecule has 6 aromatic rings. The zero-order valence-electron chi connectivity index (χ0n) is 29.5. The summed E-state index contributed by atoms with van der Waals surface area (Å²) in [6.45, 7) is 11.4. The summed E-state index contributed by atoms with van der Waals surface area (Å²) in [6, 6.07) is 35.7. The Morgan fingerprint density at radius 1 is 0.660 bits per heavy atom. The molecule has 2 amide bonds. The molecule has 0 spiro atoms. The fourth-order valence-electron chi connectivity index (χ4n) is 8.25. The van der Waals surface area contributed by atoms with Gasteiger partial charge in [0.05, 0.1) is 33.5 Å². The number of aryl methyl sites for hydroxylation is 2. The summed E-state index contributed by atoms with van der Waals surface area (Å²) in [5, 5.41) is 8.39. The SMILES string of the molecule is Cc1ccccc1-c1cc(C(=O)NC[C@@]2(C)C[C@@H](NC(=O)c3cc(-c4ccccc4C)nc4ccccc34)CC(C)(C)C2)c2ccccc2n1. The first-order valence-corrected chi connectivity index (χ1v) is 17.5. The van der Waals surface area contributed by atoms with Gasteiger partial charge in [0.25, 0.3) is 11.8 Å². The molecule has 0 saturated heterocycles. The lowest BCUT2D eigenvalue weighted by Gasteiger charge is -2.47. The normalized spacial score (nSPS) is 18.5. The van der Waals surface area contributed by atoms with Crippen LogP contribution in [0.1, 0.15) is 71.9 Å². The van der Waals surface area contributed by atoms with Crippen LogP contribution in [0.3, 0.4) is 0 Å². The molecular weight excluding hydrogens is 617 g/mol. The zero-order valence-corrected chi connectivity index (χ0v) is 29.5. The first kappa shape index (κ1) is 33.2. The first-order chi connectivity index (χ1) is 24.0. The molecule has 252 valence electrons. The number of carbonyl (C=O) groups excluding carboxylic acids is 2. The second kappa shape index (κ2) is 13.2. The van der Waals surface area contributed by atoms with Crippen LogP contribution in [0.25, 0.3) is 44.3 Å². The van der Waals surface area contributed by atoms with Crippen molar-refractivity contribution in [2.45, 2.75) is 59.9 Å². The smallest absolute Gasteiger partial charge is 0.252 e. The molecule has 6 heteroatoms. The van der Waals surface area contributed by atoms with Gasteiger partial charge in [0.15, 0.2) is 0 Å². The maximum atomic E-state index is 14.2. The molecule has 1 fully saturated rings. The molecule has 2 aromatic heterocycles. The quantitative estimate of drug-likeness (QED) is 0.179. The molecule has 2 N–H and O–H groups in total. The summed E-state index contributed by atoms with van der Waals surface area (Å²) in [7, 11) is 0. The standard InChI is InChI=1S/C44H44N4O2/c1-28-14-6-8-16-31(28)39-22-35(33-18-10-12-20-37(33)47-39)41(49)45-27-44(5)25-30(24-43(3,4)26-44)46-42(50)36-23-40(32-17-9-7-15-29(32)2)48-38-21-13-11-19-34(36)38/h6-23,30H,24-27H2,1-5H3,(H,45,49)(H,46,50)/t30-,44-/m0/s1. The molecule has 7 rings (SSSR count). The Morgan fingerprint density at radius 2 is 1.14 bits per heavy atom. The second-order valence-corrected chi connectivity index (χ2v) is 15.2. The number of pyridine rings is 2. The highest BCUT2D eigenvalue weighted by atomic mass is 16.2. The topological polar surface area (TPSA) is 84.0 Å². The third kappa shape index (κ3) is 6.75. The Bertz CT molecular complexity index is 2260. The molecule has 2 heterocycles. The number of rotatable bonds is 7. The van der Waals surface area contributed by atoms with Crippen molar-refractivity contribution in [1.29, 1.82) is 0 Å². The number of fused-ring (bicyclic) bond motifs is 2. The van der Waals surface area contributed by atoms with Crippen LogP contribution in [0.4, 0.5) is 0 Å². The Morgan fingerprint density at radius 3 is 1.68 bits per heavy atom. The Hall–Kier alpha value is -5.36. The lowest BCUT2D eigenvalue weighted by Crippen LogP contribution is -2.50. The van der Waals surface area contributed by atoms with Crippen LogP contribution in [-0.4, -0.2) is 34.4 Å². The fourth-order valence-corrected chi connectivity index (χ4v) is 8.25. The van der Waals surface area contributed by atoms with Crippen molar-refractivity contribution < 1.29 is 9.59 Å². The summed E-state index contributed by atoms with van der Waals surface area (Å²) in [6.07, 6.45) is 2.53. The number of hydrogen-bond acceptors (Lipinski definition) is 4. The highest BCUT2D eigenvalue weighted by Gasteiger charge is 2.42. The van der Waals surface area contributed by atoms with Crippen molar-refractivity contribution in [3.63, 3.8) is 0 Å². The molecule has 0 unspecified atom stereocenters. The van der Waals surface area contributed by atoms with Gasteiger partial charge in [-0.1, -0.05) is 106 Å². The van der Waals surface area contributed by atoms with Crippen molar-refractivity contribution in [3.8, 4) is 22.5 Å².